The van der Waals surface area contributed by atoms with E-state index in [0.717, 1.165) is 56.0 Å². The van der Waals surface area contributed by atoms with Gasteiger partial charge < -0.3 is 9.64 Å². The predicted octanol–water partition coefficient (Wildman–Crippen LogP) is 3.68. The average Bonchev–Trinajstić information content (AvgIpc) is 2.93. The molecule has 0 atom stereocenters. The highest BCUT2D eigenvalue weighted by molar-refractivity contribution is 7.91. The van der Waals surface area contributed by atoms with Gasteiger partial charge >= 0.3 is 0 Å². The molecule has 3 aromatic rings. The van der Waals surface area contributed by atoms with Crippen molar-refractivity contribution in [2.75, 3.05) is 37.7 Å². The van der Waals surface area contributed by atoms with E-state index in [4.69, 9.17) is 4.74 Å². The number of nitrogens with one attached hydrogen (secondary N) is 1. The summed E-state index contributed by atoms with van der Waals surface area (Å²) < 4.78 is 31.1. The third kappa shape index (κ3) is 6.95. The number of ether oxygens (including phenoxy) is 1. The zero-order valence-corrected chi connectivity index (χ0v) is 24.7. The summed E-state index contributed by atoms with van der Waals surface area (Å²) in [6.45, 7) is 13.4. The second-order valence-corrected chi connectivity index (χ2v) is 13.2. The molecule has 214 valence electrons. The third-order valence-electron chi connectivity index (χ3n) is 6.95. The Morgan fingerprint density at radius 3 is 2.33 bits per heavy atom. The van der Waals surface area contributed by atoms with Crippen LogP contribution in [0.4, 0.5) is 5.82 Å². The molecule has 11 heteroatoms. The van der Waals surface area contributed by atoms with Crippen LogP contribution in [0.5, 0.6) is 5.75 Å². The highest BCUT2D eigenvalue weighted by Crippen LogP contribution is 2.26. The van der Waals surface area contributed by atoms with Crippen LogP contribution in [0.3, 0.4) is 0 Å². The Morgan fingerprint density at radius 2 is 1.70 bits per heavy atom. The molecule has 0 bridgehead atoms. The molecule has 1 aliphatic heterocycles. The van der Waals surface area contributed by atoms with Crippen LogP contribution in [-0.2, 0) is 23.0 Å². The van der Waals surface area contributed by atoms with E-state index in [-0.39, 0.29) is 5.69 Å². The number of anilines is 1. The Kier molecular flexibility index (Phi) is 9.05. The fourth-order valence-corrected chi connectivity index (χ4v) is 5.08. The van der Waals surface area contributed by atoms with Crippen molar-refractivity contribution < 1.29 is 17.9 Å². The Labute approximate surface area is 236 Å². The molecule has 1 aromatic carbocycles. The van der Waals surface area contributed by atoms with Gasteiger partial charge in [-0.3, -0.25) is 14.7 Å². The zero-order valence-electron chi connectivity index (χ0n) is 23.8. The van der Waals surface area contributed by atoms with Crippen LogP contribution in [0.15, 0.2) is 48.8 Å². The number of hydrogen-bond acceptors (Lipinski definition) is 9. The maximum absolute atomic E-state index is 12.4. The van der Waals surface area contributed by atoms with Crippen molar-refractivity contribution in [1.29, 1.82) is 0 Å². The monoisotopic (exact) mass is 566 g/mol. The van der Waals surface area contributed by atoms with Crippen molar-refractivity contribution in [3.8, 4) is 16.9 Å². The van der Waals surface area contributed by atoms with Gasteiger partial charge in [0, 0.05) is 44.5 Å². The maximum atomic E-state index is 12.4. The minimum absolute atomic E-state index is 0.0360. The first-order valence-corrected chi connectivity index (χ1v) is 15.1. The van der Waals surface area contributed by atoms with Crippen molar-refractivity contribution in [2.45, 2.75) is 52.3 Å². The Bertz CT molecular complexity index is 1430. The SMILES string of the molecule is CCOc1cncc(-c2ccc(CN3CCN(c4ccc(C(=O)NS(=O)(=O)C(C)(C)C)nn4)CC3)c(CC)c2)c1. The van der Waals surface area contributed by atoms with Gasteiger partial charge in [-0.1, -0.05) is 25.1 Å². The van der Waals surface area contributed by atoms with Crippen LogP contribution < -0.4 is 14.4 Å². The minimum atomic E-state index is -3.82. The molecule has 1 amide bonds. The predicted molar refractivity (Wildman–Crippen MR) is 156 cm³/mol. The van der Waals surface area contributed by atoms with Crippen LogP contribution in [0.25, 0.3) is 11.1 Å². The average molecular weight is 567 g/mol. The molecule has 0 aliphatic carbocycles. The number of aryl methyl sites for hydroxylation is 1. The first-order chi connectivity index (χ1) is 19.0. The molecule has 4 rings (SSSR count). The van der Waals surface area contributed by atoms with Crippen molar-refractivity contribution >= 4 is 21.7 Å². The summed E-state index contributed by atoms with van der Waals surface area (Å²) in [5.41, 5.74) is 4.77. The normalized spacial score (nSPS) is 14.7. The van der Waals surface area contributed by atoms with Crippen LogP contribution in [0.2, 0.25) is 0 Å². The first-order valence-electron chi connectivity index (χ1n) is 13.6. The number of rotatable bonds is 9. The molecule has 1 fully saturated rings. The lowest BCUT2D eigenvalue weighted by Gasteiger charge is -2.35. The molecule has 2 aromatic heterocycles. The summed E-state index contributed by atoms with van der Waals surface area (Å²) in [7, 11) is -3.82. The number of piperazine rings is 1. The summed E-state index contributed by atoms with van der Waals surface area (Å²) in [6.07, 6.45) is 4.54. The van der Waals surface area contributed by atoms with E-state index in [1.807, 2.05) is 19.2 Å². The lowest BCUT2D eigenvalue weighted by molar-refractivity contribution is 0.0974. The lowest BCUT2D eigenvalue weighted by Crippen LogP contribution is -2.46. The second kappa shape index (κ2) is 12.3. The molecule has 3 heterocycles. The standard InChI is InChI=1S/C29H38N6O4S/c1-6-21-16-22(24-17-25(39-7-2)19-30-18-24)8-9-23(21)20-34-12-14-35(15-13-34)27-11-10-26(31-32-27)28(36)33-40(37,38)29(3,4)5/h8-11,16-19H,6-7,12-15,20H2,1-5H3,(H,33,36). The van der Waals surface area contributed by atoms with Gasteiger partial charge in [-0.2, -0.15) is 0 Å². The fourth-order valence-electron chi connectivity index (χ4n) is 4.43. The number of pyridine rings is 1. The summed E-state index contributed by atoms with van der Waals surface area (Å²) in [5, 5.41) is 8.18. The summed E-state index contributed by atoms with van der Waals surface area (Å²) >= 11 is 0. The van der Waals surface area contributed by atoms with Crippen molar-refractivity contribution in [1.82, 2.24) is 24.8 Å². The van der Waals surface area contributed by atoms with Crippen molar-refractivity contribution in [3.05, 3.63) is 65.6 Å². The van der Waals surface area contributed by atoms with Crippen molar-refractivity contribution in [3.63, 3.8) is 0 Å². The van der Waals surface area contributed by atoms with E-state index in [0.29, 0.717) is 12.4 Å². The van der Waals surface area contributed by atoms with Gasteiger partial charge in [0.25, 0.3) is 5.91 Å². The molecule has 1 N–H and O–H groups in total. The molecule has 0 radical (unpaired) electrons. The molecule has 1 aliphatic rings. The van der Waals surface area contributed by atoms with Gasteiger partial charge in [-0.15, -0.1) is 10.2 Å². The number of benzene rings is 1. The van der Waals surface area contributed by atoms with E-state index in [9.17, 15) is 13.2 Å². The van der Waals surface area contributed by atoms with E-state index in [2.05, 4.69) is 54.8 Å². The molecule has 0 spiro atoms. The molecular weight excluding hydrogens is 528 g/mol. The number of nitrogens with zero attached hydrogens (tertiary/aromatic N) is 5. The van der Waals surface area contributed by atoms with Crippen LogP contribution in [0, 0.1) is 0 Å². The molecule has 0 saturated carbocycles. The molecule has 10 nitrogen and oxygen atoms in total. The first kappa shape index (κ1) is 29.4. The lowest BCUT2D eigenvalue weighted by atomic mass is 9.98. The van der Waals surface area contributed by atoms with Gasteiger partial charge in [0.05, 0.1) is 17.6 Å². The largest absolute Gasteiger partial charge is 0.492 e. The van der Waals surface area contributed by atoms with Gasteiger partial charge in [0.15, 0.2) is 11.5 Å². The number of carbonyl (C=O) groups excluding carboxylic acids is 1. The number of aromatic nitrogens is 3. The smallest absolute Gasteiger partial charge is 0.285 e. The number of sulfonamides is 1. The number of carbonyl (C=O) groups is 1. The highest BCUT2D eigenvalue weighted by atomic mass is 32.2. The maximum Gasteiger partial charge on any atom is 0.285 e. The zero-order chi connectivity index (χ0) is 28.9. The van der Waals surface area contributed by atoms with Gasteiger partial charge in [0.2, 0.25) is 10.0 Å². The Balaban J connectivity index is 1.35. The fraction of sp³-hybridized carbons (Fsp3) is 0.448. The van der Waals surface area contributed by atoms with Crippen LogP contribution in [-0.4, -0.2) is 71.9 Å². The van der Waals surface area contributed by atoms with Gasteiger partial charge in [0.1, 0.15) is 5.75 Å². The molecule has 0 unspecified atom stereocenters. The summed E-state index contributed by atoms with van der Waals surface area (Å²) in [4.78, 5) is 21.3. The number of amides is 1. The topological polar surface area (TPSA) is 118 Å². The van der Waals surface area contributed by atoms with Crippen molar-refractivity contribution in [2.24, 2.45) is 0 Å². The van der Waals surface area contributed by atoms with E-state index < -0.39 is 20.7 Å². The third-order valence-corrected chi connectivity index (χ3v) is 9.02. The van der Waals surface area contributed by atoms with Gasteiger partial charge in [-0.05, 0) is 69.0 Å². The number of hydrogen-bond donors (Lipinski definition) is 1. The summed E-state index contributed by atoms with van der Waals surface area (Å²) in [6, 6.07) is 11.9. The quantitative estimate of drug-likeness (QED) is 0.414. The minimum Gasteiger partial charge on any atom is -0.492 e. The highest BCUT2D eigenvalue weighted by Gasteiger charge is 2.31. The van der Waals surface area contributed by atoms with E-state index in [1.54, 1.807) is 12.3 Å². The van der Waals surface area contributed by atoms with E-state index >= 15 is 0 Å². The van der Waals surface area contributed by atoms with Crippen LogP contribution >= 0.6 is 0 Å². The van der Waals surface area contributed by atoms with Crippen LogP contribution in [0.1, 0.15) is 56.2 Å². The Hall–Kier alpha value is -3.57. The molecular formula is C29H38N6O4S. The van der Waals surface area contributed by atoms with Gasteiger partial charge in [-0.25, -0.2) is 13.1 Å². The molecule has 1 saturated heterocycles. The van der Waals surface area contributed by atoms with E-state index in [1.165, 1.54) is 38.0 Å². The summed E-state index contributed by atoms with van der Waals surface area (Å²) in [5.74, 6) is 0.655. The second-order valence-electron chi connectivity index (χ2n) is 10.8. The Morgan fingerprint density at radius 1 is 0.950 bits per heavy atom. The molecule has 40 heavy (non-hydrogen) atoms.